The second-order valence-electron chi connectivity index (χ2n) is 2.97. The summed E-state index contributed by atoms with van der Waals surface area (Å²) in [5.41, 5.74) is 5.75. The third kappa shape index (κ3) is 1.23. The van der Waals surface area contributed by atoms with Crippen LogP contribution in [0.1, 0.15) is 24.6 Å². The zero-order valence-corrected chi connectivity index (χ0v) is 7.84. The Balaban J connectivity index is 2.38. The first-order valence-corrected chi connectivity index (χ1v) is 5.20. The van der Waals surface area contributed by atoms with Gasteiger partial charge >= 0.3 is 0 Å². The minimum absolute atomic E-state index is 0.00523. The summed E-state index contributed by atoms with van der Waals surface area (Å²) in [4.78, 5) is 0. The molecule has 1 aromatic rings. The van der Waals surface area contributed by atoms with Gasteiger partial charge in [0.05, 0.1) is 11.8 Å². The molecule has 1 unspecified atom stereocenters. The van der Waals surface area contributed by atoms with Gasteiger partial charge in [-0.15, -0.1) is 10.2 Å². The number of hydrogen-bond donors (Lipinski definition) is 1. The molecule has 0 spiro atoms. The van der Waals surface area contributed by atoms with Crippen molar-refractivity contribution in [3.8, 4) is 0 Å². The maximum atomic E-state index is 5.75. The van der Waals surface area contributed by atoms with Crippen LogP contribution in [0.4, 0.5) is 0 Å². The van der Waals surface area contributed by atoms with Gasteiger partial charge in [-0.1, -0.05) is 0 Å². The van der Waals surface area contributed by atoms with E-state index in [1.165, 1.54) is 0 Å². The second kappa shape index (κ2) is 3.06. The van der Waals surface area contributed by atoms with E-state index in [4.69, 9.17) is 5.73 Å². The number of nitrogens with two attached hydrogens (primary N) is 1. The molecule has 2 heterocycles. The molecule has 66 valence electrons. The van der Waals surface area contributed by atoms with E-state index in [1.54, 1.807) is 0 Å². The number of nitrogens with zero attached hydrogens (tertiary/aromatic N) is 3. The monoisotopic (exact) mass is 184 g/mol. The van der Waals surface area contributed by atoms with E-state index >= 15 is 0 Å². The molecule has 2 N–H and O–H groups in total. The number of fused-ring (bicyclic) bond motifs is 1. The van der Waals surface area contributed by atoms with Gasteiger partial charge in [-0.3, -0.25) is 0 Å². The van der Waals surface area contributed by atoms with Crippen molar-refractivity contribution in [2.24, 2.45) is 5.73 Å². The Morgan fingerprint density at radius 2 is 2.42 bits per heavy atom. The van der Waals surface area contributed by atoms with Crippen molar-refractivity contribution in [3.63, 3.8) is 0 Å². The van der Waals surface area contributed by atoms with Crippen LogP contribution in [0.3, 0.4) is 0 Å². The van der Waals surface area contributed by atoms with Gasteiger partial charge < -0.3 is 10.3 Å². The molecule has 4 nitrogen and oxygen atoms in total. The first-order valence-electron chi connectivity index (χ1n) is 4.04. The molecule has 0 aliphatic carbocycles. The molecule has 1 atom stereocenters. The molecule has 0 aromatic carbocycles. The highest BCUT2D eigenvalue weighted by Gasteiger charge is 2.17. The smallest absolute Gasteiger partial charge is 0.149 e. The van der Waals surface area contributed by atoms with Crippen LogP contribution in [0, 0.1) is 0 Å². The molecule has 1 aliphatic heterocycles. The van der Waals surface area contributed by atoms with Crippen molar-refractivity contribution in [2.45, 2.75) is 25.3 Å². The Kier molecular flexibility index (Phi) is 2.06. The molecule has 12 heavy (non-hydrogen) atoms. The second-order valence-corrected chi connectivity index (χ2v) is 4.07. The van der Waals surface area contributed by atoms with Gasteiger partial charge in [0.25, 0.3) is 0 Å². The highest BCUT2D eigenvalue weighted by molar-refractivity contribution is 7.98. The van der Waals surface area contributed by atoms with Gasteiger partial charge in [0.1, 0.15) is 11.6 Å². The van der Waals surface area contributed by atoms with E-state index in [9.17, 15) is 0 Å². The average molecular weight is 184 g/mol. The highest BCUT2D eigenvalue weighted by Crippen LogP contribution is 2.20. The molecule has 0 saturated heterocycles. The Morgan fingerprint density at radius 3 is 3.17 bits per heavy atom. The van der Waals surface area contributed by atoms with E-state index in [1.807, 2.05) is 18.7 Å². The van der Waals surface area contributed by atoms with Crippen LogP contribution >= 0.6 is 11.8 Å². The lowest BCUT2D eigenvalue weighted by atomic mass is 10.3. The van der Waals surface area contributed by atoms with E-state index in [0.717, 1.165) is 29.7 Å². The van der Waals surface area contributed by atoms with Crippen molar-refractivity contribution in [3.05, 3.63) is 11.6 Å². The summed E-state index contributed by atoms with van der Waals surface area (Å²) in [5, 5.41) is 8.16. The highest BCUT2D eigenvalue weighted by atomic mass is 32.2. The van der Waals surface area contributed by atoms with Crippen LogP contribution in [0.2, 0.25) is 0 Å². The Labute approximate surface area is 75.5 Å². The normalized spacial score (nSPS) is 18.8. The molecule has 2 rings (SSSR count). The third-order valence-corrected chi connectivity index (χ3v) is 2.89. The number of hydrogen-bond acceptors (Lipinski definition) is 4. The number of rotatable bonds is 1. The fraction of sp³-hybridized carbons (Fsp3) is 0.714. The van der Waals surface area contributed by atoms with Gasteiger partial charge in [-0.2, -0.15) is 11.8 Å². The standard InChI is InChI=1S/C7H12N4S/c1-5(8)7-10-9-6-4-12-3-2-11(6)7/h5H,2-4,8H2,1H3. The van der Waals surface area contributed by atoms with Crippen LogP contribution in [-0.4, -0.2) is 20.5 Å². The lowest BCUT2D eigenvalue weighted by molar-refractivity contribution is 0.622. The van der Waals surface area contributed by atoms with E-state index in [2.05, 4.69) is 14.8 Å². The summed E-state index contributed by atoms with van der Waals surface area (Å²) >= 11 is 1.90. The first-order chi connectivity index (χ1) is 5.79. The summed E-state index contributed by atoms with van der Waals surface area (Å²) in [7, 11) is 0. The Morgan fingerprint density at radius 1 is 1.58 bits per heavy atom. The molecular weight excluding hydrogens is 172 g/mol. The largest absolute Gasteiger partial charge is 0.322 e. The lowest BCUT2D eigenvalue weighted by Crippen LogP contribution is -2.18. The third-order valence-electron chi connectivity index (χ3n) is 1.95. The van der Waals surface area contributed by atoms with Gasteiger partial charge in [0.2, 0.25) is 0 Å². The fourth-order valence-electron chi connectivity index (χ4n) is 1.36. The zero-order chi connectivity index (χ0) is 8.55. The molecule has 1 aromatic heterocycles. The van der Waals surface area contributed by atoms with Gasteiger partial charge in [-0.05, 0) is 6.92 Å². The molecule has 0 saturated carbocycles. The van der Waals surface area contributed by atoms with Crippen molar-refractivity contribution >= 4 is 11.8 Å². The van der Waals surface area contributed by atoms with Crippen LogP contribution < -0.4 is 5.73 Å². The quantitative estimate of drug-likeness (QED) is 0.692. The molecular formula is C7H12N4S. The Bertz CT molecular complexity index is 281. The molecule has 0 fully saturated rings. The maximum absolute atomic E-state index is 5.75. The van der Waals surface area contributed by atoms with Gasteiger partial charge in [0, 0.05) is 12.3 Å². The van der Waals surface area contributed by atoms with Crippen molar-refractivity contribution < 1.29 is 0 Å². The molecule has 0 radical (unpaired) electrons. The van der Waals surface area contributed by atoms with Gasteiger partial charge in [0.15, 0.2) is 0 Å². The predicted molar refractivity (Wildman–Crippen MR) is 48.8 cm³/mol. The van der Waals surface area contributed by atoms with Crippen LogP contribution in [0.25, 0.3) is 0 Å². The van der Waals surface area contributed by atoms with E-state index in [-0.39, 0.29) is 6.04 Å². The lowest BCUT2D eigenvalue weighted by Gasteiger charge is -2.15. The van der Waals surface area contributed by atoms with Crippen molar-refractivity contribution in [1.82, 2.24) is 14.8 Å². The number of aromatic nitrogens is 3. The molecule has 0 bridgehead atoms. The minimum Gasteiger partial charge on any atom is -0.322 e. The van der Waals surface area contributed by atoms with E-state index in [0.29, 0.717) is 0 Å². The SMILES string of the molecule is CC(N)c1nnc2n1CCSC2. The maximum Gasteiger partial charge on any atom is 0.149 e. The average Bonchev–Trinajstić information content (AvgIpc) is 2.47. The first kappa shape index (κ1) is 8.07. The molecule has 5 heteroatoms. The van der Waals surface area contributed by atoms with E-state index < -0.39 is 0 Å². The molecule has 1 aliphatic rings. The van der Waals surface area contributed by atoms with Crippen molar-refractivity contribution in [1.29, 1.82) is 0 Å². The van der Waals surface area contributed by atoms with Crippen LogP contribution in [0.15, 0.2) is 0 Å². The fourth-order valence-corrected chi connectivity index (χ4v) is 2.21. The number of thioether (sulfide) groups is 1. The summed E-state index contributed by atoms with van der Waals surface area (Å²) < 4.78 is 2.14. The predicted octanol–water partition coefficient (Wildman–Crippen LogP) is 0.545. The summed E-state index contributed by atoms with van der Waals surface area (Å²) in [6.07, 6.45) is 0. The molecule has 0 amide bonds. The summed E-state index contributed by atoms with van der Waals surface area (Å²) in [5.74, 6) is 4.11. The zero-order valence-electron chi connectivity index (χ0n) is 7.03. The topological polar surface area (TPSA) is 56.7 Å². The summed E-state index contributed by atoms with van der Waals surface area (Å²) in [6.45, 7) is 2.95. The van der Waals surface area contributed by atoms with Crippen LogP contribution in [0.5, 0.6) is 0 Å². The van der Waals surface area contributed by atoms with Crippen molar-refractivity contribution in [2.75, 3.05) is 5.75 Å². The summed E-state index contributed by atoms with van der Waals surface area (Å²) in [6, 6.07) is -0.00523. The van der Waals surface area contributed by atoms with Crippen LogP contribution in [-0.2, 0) is 12.3 Å². The minimum atomic E-state index is -0.00523. The Hall–Kier alpha value is -0.550. The van der Waals surface area contributed by atoms with Gasteiger partial charge in [-0.25, -0.2) is 0 Å².